The summed E-state index contributed by atoms with van der Waals surface area (Å²) in [4.78, 5) is 40.1. The Morgan fingerprint density at radius 1 is 1.41 bits per heavy atom. The quantitative estimate of drug-likeness (QED) is 0.353. The Hall–Kier alpha value is -1.96. The topological polar surface area (TPSA) is 169 Å². The molecule has 0 saturated carbocycles. The van der Waals surface area contributed by atoms with E-state index in [4.69, 9.17) is 10.3 Å². The molecular formula is C9H14N4O8S. The Kier molecular flexibility index (Phi) is 4.50. The van der Waals surface area contributed by atoms with Gasteiger partial charge in [0.1, 0.15) is 6.04 Å². The highest BCUT2D eigenvalue weighted by Crippen LogP contribution is 2.30. The van der Waals surface area contributed by atoms with Crippen molar-refractivity contribution in [2.75, 3.05) is 13.2 Å². The van der Waals surface area contributed by atoms with Crippen LogP contribution in [0.25, 0.3) is 0 Å². The lowest BCUT2D eigenvalue weighted by atomic mass is 10.0. The van der Waals surface area contributed by atoms with Gasteiger partial charge in [-0.1, -0.05) is 0 Å². The number of carbonyl (C=O) groups is 3. The number of rotatable bonds is 6. The number of hydrogen-bond donors (Lipinski definition) is 3. The van der Waals surface area contributed by atoms with Crippen LogP contribution in [0.4, 0.5) is 4.79 Å². The molecular weight excluding hydrogens is 324 g/mol. The van der Waals surface area contributed by atoms with E-state index in [0.29, 0.717) is 5.06 Å². The summed E-state index contributed by atoms with van der Waals surface area (Å²) < 4.78 is 34.3. The maximum atomic E-state index is 12.0. The van der Waals surface area contributed by atoms with Gasteiger partial charge >= 0.3 is 16.4 Å². The summed E-state index contributed by atoms with van der Waals surface area (Å²) in [6.45, 7) is -0.463. The van der Waals surface area contributed by atoms with Gasteiger partial charge in [-0.05, 0) is 12.8 Å². The minimum Gasteiger partial charge on any atom is -0.368 e. The molecule has 0 aromatic carbocycles. The smallest absolute Gasteiger partial charge is 0.368 e. The third-order valence-electron chi connectivity index (χ3n) is 3.19. The second kappa shape index (κ2) is 6.04. The summed E-state index contributed by atoms with van der Waals surface area (Å²) in [5.74, 6) is -1.46. The molecule has 0 aliphatic carbocycles. The van der Waals surface area contributed by atoms with Crippen LogP contribution < -0.4 is 11.2 Å². The normalized spacial score (nSPS) is 24.5. The molecule has 0 radical (unpaired) electrons. The number of nitrogens with two attached hydrogens (primary N) is 1. The van der Waals surface area contributed by atoms with E-state index in [1.165, 1.54) is 0 Å². The Bertz CT molecular complexity index is 592. The molecule has 2 saturated heterocycles. The molecule has 4 N–H and O–H groups in total. The number of amides is 4. The van der Waals surface area contributed by atoms with Crippen LogP contribution in [0.15, 0.2) is 0 Å². The van der Waals surface area contributed by atoms with E-state index < -0.39 is 46.9 Å². The van der Waals surface area contributed by atoms with Crippen LogP contribution in [0, 0.1) is 0 Å². The lowest BCUT2D eigenvalue weighted by Crippen LogP contribution is -2.50. The first kappa shape index (κ1) is 16.4. The number of nitrogens with zero attached hydrogens (tertiary/aromatic N) is 2. The van der Waals surface area contributed by atoms with E-state index in [0.717, 1.165) is 4.90 Å². The van der Waals surface area contributed by atoms with Crippen LogP contribution >= 0.6 is 0 Å². The zero-order valence-corrected chi connectivity index (χ0v) is 12.0. The third kappa shape index (κ3) is 3.62. The highest BCUT2D eigenvalue weighted by atomic mass is 32.3. The predicted molar refractivity (Wildman–Crippen MR) is 66.7 cm³/mol. The predicted octanol–water partition coefficient (Wildman–Crippen LogP) is -2.48. The number of fused-ring (bicyclic) bond motifs is 2. The second-order valence-electron chi connectivity index (χ2n) is 4.73. The number of piperidine rings is 1. The van der Waals surface area contributed by atoms with E-state index >= 15 is 0 Å². The Morgan fingerprint density at radius 3 is 2.68 bits per heavy atom. The highest BCUT2D eigenvalue weighted by Gasteiger charge is 2.49. The molecule has 2 aliphatic heterocycles. The molecule has 4 amide bonds. The monoisotopic (exact) mass is 338 g/mol. The van der Waals surface area contributed by atoms with Gasteiger partial charge in [0.2, 0.25) is 5.91 Å². The van der Waals surface area contributed by atoms with E-state index in [2.05, 4.69) is 9.12 Å². The van der Waals surface area contributed by atoms with Gasteiger partial charge in [-0.3, -0.25) is 19.0 Å². The van der Waals surface area contributed by atoms with Crippen molar-refractivity contribution in [1.29, 1.82) is 0 Å². The SMILES string of the molecule is NC(=O)CONC(=O)C1CCC2CN1C(=O)N2OS(=O)(=O)O. The van der Waals surface area contributed by atoms with Crippen molar-refractivity contribution in [2.45, 2.75) is 24.9 Å². The maximum absolute atomic E-state index is 12.0. The minimum absolute atomic E-state index is 0.0578. The summed E-state index contributed by atoms with van der Waals surface area (Å²) in [5, 5.41) is 0.521. The van der Waals surface area contributed by atoms with Crippen molar-refractivity contribution in [1.82, 2.24) is 15.4 Å². The average Bonchev–Trinajstić information content (AvgIpc) is 2.62. The fourth-order valence-electron chi connectivity index (χ4n) is 2.35. The molecule has 2 fully saturated rings. The van der Waals surface area contributed by atoms with Crippen molar-refractivity contribution >= 4 is 28.2 Å². The minimum atomic E-state index is -4.84. The van der Waals surface area contributed by atoms with Crippen LogP contribution in [0.1, 0.15) is 12.8 Å². The van der Waals surface area contributed by atoms with Gasteiger partial charge in [-0.2, -0.15) is 13.5 Å². The van der Waals surface area contributed by atoms with Crippen LogP contribution in [0.5, 0.6) is 0 Å². The molecule has 2 aliphatic rings. The molecule has 13 heteroatoms. The summed E-state index contributed by atoms with van der Waals surface area (Å²) in [6.07, 6.45) is 0.513. The van der Waals surface area contributed by atoms with Crippen molar-refractivity contribution in [3.63, 3.8) is 0 Å². The van der Waals surface area contributed by atoms with Gasteiger partial charge in [-0.15, -0.1) is 4.28 Å². The van der Waals surface area contributed by atoms with Gasteiger partial charge in [0.15, 0.2) is 6.61 Å². The Morgan fingerprint density at radius 2 is 2.09 bits per heavy atom. The highest BCUT2D eigenvalue weighted by molar-refractivity contribution is 7.80. The fraction of sp³-hybridized carbons (Fsp3) is 0.667. The number of hydrogen-bond acceptors (Lipinski definition) is 7. The van der Waals surface area contributed by atoms with Crippen LogP contribution in [0.2, 0.25) is 0 Å². The van der Waals surface area contributed by atoms with Gasteiger partial charge in [-0.25, -0.2) is 10.3 Å². The molecule has 2 heterocycles. The van der Waals surface area contributed by atoms with E-state index in [1.54, 1.807) is 0 Å². The lowest BCUT2D eigenvalue weighted by Gasteiger charge is -2.28. The van der Waals surface area contributed by atoms with Crippen molar-refractivity contribution < 1.29 is 36.5 Å². The third-order valence-corrected chi connectivity index (χ3v) is 3.54. The molecule has 2 bridgehead atoms. The second-order valence-corrected chi connectivity index (χ2v) is 5.74. The molecule has 2 atom stereocenters. The number of hydroxylamine groups is 3. The summed E-state index contributed by atoms with van der Waals surface area (Å²) >= 11 is 0. The van der Waals surface area contributed by atoms with Crippen molar-refractivity contribution in [3.05, 3.63) is 0 Å². The van der Waals surface area contributed by atoms with Crippen LogP contribution in [0.3, 0.4) is 0 Å². The van der Waals surface area contributed by atoms with Crippen molar-refractivity contribution in [2.24, 2.45) is 5.73 Å². The maximum Gasteiger partial charge on any atom is 0.418 e. The molecule has 22 heavy (non-hydrogen) atoms. The van der Waals surface area contributed by atoms with Gasteiger partial charge in [0, 0.05) is 6.54 Å². The van der Waals surface area contributed by atoms with E-state index in [-0.39, 0.29) is 19.4 Å². The van der Waals surface area contributed by atoms with Gasteiger partial charge in [0.25, 0.3) is 5.91 Å². The fourth-order valence-corrected chi connectivity index (χ4v) is 2.74. The molecule has 2 rings (SSSR count). The molecule has 0 aromatic heterocycles. The first-order chi connectivity index (χ1) is 10.2. The molecule has 12 nitrogen and oxygen atoms in total. The first-order valence-corrected chi connectivity index (χ1v) is 7.52. The largest absolute Gasteiger partial charge is 0.418 e. The number of carbonyl (C=O) groups excluding carboxylic acids is 3. The zero-order valence-electron chi connectivity index (χ0n) is 11.2. The molecule has 0 aromatic rings. The molecule has 124 valence electrons. The molecule has 2 unspecified atom stereocenters. The first-order valence-electron chi connectivity index (χ1n) is 6.16. The van der Waals surface area contributed by atoms with E-state index in [1.807, 2.05) is 5.48 Å². The summed E-state index contributed by atoms with van der Waals surface area (Å²) in [6, 6.07) is -2.37. The van der Waals surface area contributed by atoms with Crippen molar-refractivity contribution in [3.8, 4) is 0 Å². The zero-order chi connectivity index (χ0) is 16.5. The number of urea groups is 1. The summed E-state index contributed by atoms with van der Waals surface area (Å²) in [7, 11) is -4.84. The van der Waals surface area contributed by atoms with E-state index in [9.17, 15) is 22.8 Å². The summed E-state index contributed by atoms with van der Waals surface area (Å²) in [5.41, 5.74) is 6.82. The standard InChI is InChI=1S/C9H14N4O8S/c10-7(14)4-20-11-8(15)6-2-1-5-3-12(6)9(16)13(5)21-22(17,18)19/h5-6H,1-4H2,(H2,10,14)(H,11,15)(H,17,18,19). The number of nitrogens with one attached hydrogen (secondary N) is 1. The lowest BCUT2D eigenvalue weighted by molar-refractivity contribution is -0.142. The van der Waals surface area contributed by atoms with Gasteiger partial charge < -0.3 is 10.6 Å². The number of primary amides is 1. The Labute approximate surface area is 125 Å². The van der Waals surface area contributed by atoms with Crippen LogP contribution in [-0.2, 0) is 29.1 Å². The van der Waals surface area contributed by atoms with Crippen LogP contribution in [-0.4, -0.2) is 66.0 Å². The average molecular weight is 338 g/mol. The van der Waals surface area contributed by atoms with Gasteiger partial charge in [0.05, 0.1) is 6.04 Å². The molecule has 0 spiro atoms. The Balaban J connectivity index is 1.99.